The molecule has 6 heteroatoms. The summed E-state index contributed by atoms with van der Waals surface area (Å²) >= 11 is 0. The Balaban J connectivity index is 2.06. The zero-order valence-corrected chi connectivity index (χ0v) is 15.8. The van der Waals surface area contributed by atoms with Crippen LogP contribution in [-0.4, -0.2) is 30.1 Å². The van der Waals surface area contributed by atoms with E-state index in [1.165, 1.54) is 0 Å². The van der Waals surface area contributed by atoms with Gasteiger partial charge in [-0.3, -0.25) is 0 Å². The molecule has 140 valence electrons. The number of nitrogens with zero attached hydrogens (tertiary/aromatic N) is 1. The predicted molar refractivity (Wildman–Crippen MR) is 104 cm³/mol. The average Bonchev–Trinajstić information content (AvgIpc) is 2.52. The number of rotatable bonds is 4. The van der Waals surface area contributed by atoms with E-state index in [9.17, 15) is 4.79 Å². The second-order valence-corrected chi connectivity index (χ2v) is 7.18. The molecule has 1 unspecified atom stereocenters. The summed E-state index contributed by atoms with van der Waals surface area (Å²) in [6, 6.07) is 6.87. The maximum Gasteiger partial charge on any atom is 0.434 e. The number of ether oxygens (including phenoxy) is 2. The van der Waals surface area contributed by atoms with Gasteiger partial charge in [0.15, 0.2) is 0 Å². The molecule has 0 heterocycles. The summed E-state index contributed by atoms with van der Waals surface area (Å²) in [5, 5.41) is 0. The van der Waals surface area contributed by atoms with E-state index in [1.54, 1.807) is 26.8 Å². The van der Waals surface area contributed by atoms with E-state index in [1.807, 2.05) is 37.3 Å². The fraction of sp³-hybridized carbons (Fsp3) is 0.400. The molecule has 2 rings (SSSR count). The van der Waals surface area contributed by atoms with Crippen LogP contribution in [-0.2, 0) is 4.74 Å². The number of hydrogen-bond donors (Lipinski definition) is 2. The smallest absolute Gasteiger partial charge is 0.434 e. The monoisotopic (exact) mass is 357 g/mol. The fourth-order valence-electron chi connectivity index (χ4n) is 2.55. The molecule has 1 aliphatic carbocycles. The minimum atomic E-state index is -0.632. The van der Waals surface area contributed by atoms with Gasteiger partial charge >= 0.3 is 6.09 Å². The largest absolute Gasteiger partial charge is 0.493 e. The van der Waals surface area contributed by atoms with Crippen LogP contribution < -0.4 is 16.2 Å². The molecule has 1 aromatic carbocycles. The molecule has 4 N–H and O–H groups in total. The van der Waals surface area contributed by atoms with E-state index >= 15 is 0 Å². The SMILES string of the molecule is CC1=C(CCOc2cccc(N)c2)C=CC(N)C1=NC(=O)OC(C)(C)C. The molecule has 0 spiro atoms. The first-order valence-electron chi connectivity index (χ1n) is 8.59. The van der Waals surface area contributed by atoms with Crippen molar-refractivity contribution in [3.63, 3.8) is 0 Å². The lowest BCUT2D eigenvalue weighted by atomic mass is 9.92. The van der Waals surface area contributed by atoms with E-state index in [0.29, 0.717) is 24.4 Å². The summed E-state index contributed by atoms with van der Waals surface area (Å²) in [4.78, 5) is 16.1. The Labute approximate surface area is 154 Å². The Morgan fingerprint density at radius 1 is 1.31 bits per heavy atom. The normalized spacial score (nSPS) is 19.0. The minimum absolute atomic E-state index is 0.430. The van der Waals surface area contributed by atoms with Gasteiger partial charge in [0, 0.05) is 18.2 Å². The maximum atomic E-state index is 12.0. The van der Waals surface area contributed by atoms with E-state index in [2.05, 4.69) is 4.99 Å². The molecule has 0 bridgehead atoms. The minimum Gasteiger partial charge on any atom is -0.493 e. The molecule has 1 atom stereocenters. The van der Waals surface area contributed by atoms with Gasteiger partial charge in [-0.15, -0.1) is 0 Å². The van der Waals surface area contributed by atoms with Crippen LogP contribution in [0.2, 0.25) is 0 Å². The predicted octanol–water partition coefficient (Wildman–Crippen LogP) is 3.63. The maximum absolute atomic E-state index is 12.0. The molecule has 0 saturated carbocycles. The zero-order chi connectivity index (χ0) is 19.3. The first-order chi connectivity index (χ1) is 12.2. The van der Waals surface area contributed by atoms with Crippen molar-refractivity contribution >= 4 is 17.5 Å². The summed E-state index contributed by atoms with van der Waals surface area (Å²) in [5.74, 6) is 0.724. The van der Waals surface area contributed by atoms with Gasteiger partial charge in [-0.05, 0) is 51.0 Å². The van der Waals surface area contributed by atoms with E-state index in [-0.39, 0.29) is 0 Å². The molecular weight excluding hydrogens is 330 g/mol. The number of hydrogen-bond acceptors (Lipinski definition) is 5. The fourth-order valence-corrected chi connectivity index (χ4v) is 2.55. The highest BCUT2D eigenvalue weighted by molar-refractivity contribution is 6.10. The highest BCUT2D eigenvalue weighted by atomic mass is 16.6. The molecular formula is C20H27N3O3. The summed E-state index contributed by atoms with van der Waals surface area (Å²) < 4.78 is 11.0. The van der Waals surface area contributed by atoms with Crippen LogP contribution >= 0.6 is 0 Å². The van der Waals surface area contributed by atoms with E-state index in [4.69, 9.17) is 20.9 Å². The molecule has 0 aromatic heterocycles. The number of aliphatic imine (C=N–C) groups is 1. The number of benzene rings is 1. The standard InChI is InChI=1S/C20H27N3O3/c1-13-14(10-11-25-16-7-5-6-15(21)12-16)8-9-17(22)18(13)23-19(24)26-20(2,3)4/h5-9,12,17H,10-11,21-22H2,1-4H3. The van der Waals surface area contributed by atoms with Gasteiger partial charge < -0.3 is 20.9 Å². The Kier molecular flexibility index (Phi) is 6.21. The van der Waals surface area contributed by atoms with Gasteiger partial charge in [0.25, 0.3) is 0 Å². The molecule has 0 aliphatic heterocycles. The highest BCUT2D eigenvalue weighted by Gasteiger charge is 2.22. The number of carbonyl (C=O) groups excluding carboxylic acids is 1. The van der Waals surface area contributed by atoms with Crippen LogP contribution in [0.15, 0.2) is 52.6 Å². The summed E-state index contributed by atoms with van der Waals surface area (Å²) in [5.41, 5.74) is 14.3. The number of anilines is 1. The van der Waals surface area contributed by atoms with Crippen LogP contribution in [0.1, 0.15) is 34.1 Å². The first-order valence-corrected chi connectivity index (χ1v) is 8.59. The number of allylic oxidation sites excluding steroid dienone is 1. The van der Waals surface area contributed by atoms with Gasteiger partial charge in [0.1, 0.15) is 11.4 Å². The molecule has 6 nitrogen and oxygen atoms in total. The lowest BCUT2D eigenvalue weighted by molar-refractivity contribution is 0.0604. The summed E-state index contributed by atoms with van der Waals surface area (Å²) in [6.45, 7) is 7.78. The third kappa shape index (κ3) is 5.74. The van der Waals surface area contributed by atoms with Crippen molar-refractivity contribution in [3.8, 4) is 5.75 Å². The Hall–Kier alpha value is -2.60. The van der Waals surface area contributed by atoms with Crippen LogP contribution in [0.3, 0.4) is 0 Å². The van der Waals surface area contributed by atoms with Gasteiger partial charge in [-0.1, -0.05) is 18.2 Å². The van der Waals surface area contributed by atoms with Crippen molar-refractivity contribution in [2.45, 2.75) is 45.8 Å². The quantitative estimate of drug-likeness (QED) is 0.802. The van der Waals surface area contributed by atoms with Crippen molar-refractivity contribution in [2.24, 2.45) is 10.7 Å². The van der Waals surface area contributed by atoms with Crippen LogP contribution in [0.4, 0.5) is 10.5 Å². The van der Waals surface area contributed by atoms with Gasteiger partial charge in [0.05, 0.1) is 18.4 Å². The molecule has 1 aliphatic rings. The third-order valence-corrected chi connectivity index (χ3v) is 3.79. The summed E-state index contributed by atoms with van der Waals surface area (Å²) in [6.07, 6.45) is 3.81. The Morgan fingerprint density at radius 3 is 2.69 bits per heavy atom. The van der Waals surface area contributed by atoms with Gasteiger partial charge in [0.2, 0.25) is 0 Å². The number of nitrogen functional groups attached to an aromatic ring is 1. The lowest BCUT2D eigenvalue weighted by Gasteiger charge is -2.22. The van der Waals surface area contributed by atoms with Crippen LogP contribution in [0, 0.1) is 0 Å². The first kappa shape index (κ1) is 19.7. The van der Waals surface area contributed by atoms with Gasteiger partial charge in [-0.2, -0.15) is 4.99 Å². The topological polar surface area (TPSA) is 99.9 Å². The summed E-state index contributed by atoms with van der Waals surface area (Å²) in [7, 11) is 0. The van der Waals surface area contributed by atoms with Crippen molar-refractivity contribution in [1.29, 1.82) is 0 Å². The van der Waals surface area contributed by atoms with E-state index < -0.39 is 17.7 Å². The third-order valence-electron chi connectivity index (χ3n) is 3.79. The second kappa shape index (κ2) is 8.19. The number of amides is 1. The van der Waals surface area contributed by atoms with Crippen molar-refractivity contribution in [2.75, 3.05) is 12.3 Å². The zero-order valence-electron chi connectivity index (χ0n) is 15.8. The Morgan fingerprint density at radius 2 is 2.04 bits per heavy atom. The number of nitrogens with two attached hydrogens (primary N) is 2. The average molecular weight is 357 g/mol. The van der Waals surface area contributed by atoms with E-state index in [0.717, 1.165) is 16.9 Å². The van der Waals surface area contributed by atoms with Crippen LogP contribution in [0.5, 0.6) is 5.75 Å². The molecule has 0 fully saturated rings. The van der Waals surface area contributed by atoms with Crippen LogP contribution in [0.25, 0.3) is 0 Å². The van der Waals surface area contributed by atoms with Crippen molar-refractivity contribution in [1.82, 2.24) is 0 Å². The second-order valence-electron chi connectivity index (χ2n) is 7.18. The molecule has 0 radical (unpaired) electrons. The molecule has 1 aromatic rings. The Bertz CT molecular complexity index is 758. The lowest BCUT2D eigenvalue weighted by Crippen LogP contribution is -2.33. The highest BCUT2D eigenvalue weighted by Crippen LogP contribution is 2.21. The molecule has 1 amide bonds. The van der Waals surface area contributed by atoms with Gasteiger partial charge in [-0.25, -0.2) is 4.79 Å². The number of carbonyl (C=O) groups is 1. The molecule has 26 heavy (non-hydrogen) atoms. The van der Waals surface area contributed by atoms with Crippen molar-refractivity contribution in [3.05, 3.63) is 47.6 Å². The molecule has 0 saturated heterocycles. The van der Waals surface area contributed by atoms with Crippen molar-refractivity contribution < 1.29 is 14.3 Å².